The van der Waals surface area contributed by atoms with E-state index in [0.717, 1.165) is 32.5 Å². The Morgan fingerprint density at radius 2 is 1.66 bits per heavy atom. The first-order valence-corrected chi connectivity index (χ1v) is 11.3. The zero-order valence-electron chi connectivity index (χ0n) is 16.1. The lowest BCUT2D eigenvalue weighted by Gasteiger charge is -2.34. The van der Waals surface area contributed by atoms with Crippen molar-refractivity contribution >= 4 is 64.0 Å². The van der Waals surface area contributed by atoms with Crippen LogP contribution in [0.4, 0.5) is 5.95 Å². The van der Waals surface area contributed by atoms with Crippen LogP contribution in [0, 0.1) is 5.92 Å². The van der Waals surface area contributed by atoms with Gasteiger partial charge in [0.2, 0.25) is 9.74 Å². The van der Waals surface area contributed by atoms with E-state index in [1.54, 1.807) is 18.2 Å². The molecular formula is C19H22Cl5N5. The first-order chi connectivity index (χ1) is 13.6. The number of nitrogens with zero attached hydrogens (tertiary/aromatic N) is 4. The predicted octanol–water partition coefficient (Wildman–Crippen LogP) is 6.20. The Balaban J connectivity index is 1.79. The van der Waals surface area contributed by atoms with Crippen molar-refractivity contribution in [2.75, 3.05) is 25.0 Å². The molecule has 1 aliphatic rings. The molecule has 0 spiro atoms. The summed E-state index contributed by atoms with van der Waals surface area (Å²) in [6.45, 7) is 7.38. The number of alkyl halides is 3. The molecular weight excluding hydrogens is 476 g/mol. The van der Waals surface area contributed by atoms with Gasteiger partial charge in [-0.1, -0.05) is 58.0 Å². The van der Waals surface area contributed by atoms with Crippen molar-refractivity contribution in [3.63, 3.8) is 0 Å². The Kier molecular flexibility index (Phi) is 7.74. The third-order valence-corrected chi connectivity index (χ3v) is 5.88. The van der Waals surface area contributed by atoms with E-state index < -0.39 is 3.79 Å². The van der Waals surface area contributed by atoms with Crippen LogP contribution in [-0.4, -0.2) is 45.5 Å². The fourth-order valence-corrected chi connectivity index (χ4v) is 4.08. The van der Waals surface area contributed by atoms with E-state index in [2.05, 4.69) is 39.0 Å². The second kappa shape index (κ2) is 9.71. The van der Waals surface area contributed by atoms with Crippen molar-refractivity contribution < 1.29 is 0 Å². The standard InChI is InChI=1S/C19H22Cl5N5/c1-11(2)29-5-3-12(4-6-29)10-25-18-27-16(26-17(28-18)19(22,23)24)13-7-14(20)9-15(21)8-13/h7-9,11-12H,3-6,10H2,1-2H3,(H,25,26,27,28). The molecule has 2 aromatic rings. The molecule has 0 radical (unpaired) electrons. The second-order valence-electron chi connectivity index (χ2n) is 7.42. The number of aromatic nitrogens is 3. The zero-order chi connectivity index (χ0) is 21.2. The minimum absolute atomic E-state index is 0.0423. The van der Waals surface area contributed by atoms with Crippen LogP contribution < -0.4 is 5.32 Å². The molecule has 1 fully saturated rings. The molecule has 1 aliphatic heterocycles. The summed E-state index contributed by atoms with van der Waals surface area (Å²) in [5.41, 5.74) is 0.619. The molecule has 0 amide bonds. The number of anilines is 1. The number of rotatable bonds is 5. The quantitative estimate of drug-likeness (QED) is 0.498. The van der Waals surface area contributed by atoms with Crippen LogP contribution >= 0.6 is 58.0 Å². The van der Waals surface area contributed by atoms with E-state index >= 15 is 0 Å². The van der Waals surface area contributed by atoms with Gasteiger partial charge in [0.05, 0.1) is 0 Å². The molecule has 1 aromatic heterocycles. The fraction of sp³-hybridized carbons (Fsp3) is 0.526. The molecule has 1 N–H and O–H groups in total. The minimum Gasteiger partial charge on any atom is -0.354 e. The number of likely N-dealkylation sites (tertiary alicyclic amines) is 1. The van der Waals surface area contributed by atoms with Gasteiger partial charge in [-0.05, 0) is 63.9 Å². The molecule has 10 heteroatoms. The van der Waals surface area contributed by atoms with Gasteiger partial charge in [-0.25, -0.2) is 4.98 Å². The van der Waals surface area contributed by atoms with E-state index in [9.17, 15) is 0 Å². The highest BCUT2D eigenvalue weighted by atomic mass is 35.6. The Morgan fingerprint density at radius 1 is 1.03 bits per heavy atom. The van der Waals surface area contributed by atoms with Crippen LogP contribution in [0.3, 0.4) is 0 Å². The van der Waals surface area contributed by atoms with Crippen molar-refractivity contribution in [1.82, 2.24) is 19.9 Å². The average Bonchev–Trinajstić information content (AvgIpc) is 2.65. The van der Waals surface area contributed by atoms with Gasteiger partial charge in [-0.15, -0.1) is 0 Å². The summed E-state index contributed by atoms with van der Waals surface area (Å²) in [7, 11) is 0. The summed E-state index contributed by atoms with van der Waals surface area (Å²) in [4.78, 5) is 15.6. The Hall–Kier alpha value is -0.560. The SMILES string of the molecule is CC(C)N1CCC(CNc2nc(-c3cc(Cl)cc(Cl)c3)nc(C(Cl)(Cl)Cl)n2)CC1. The third-order valence-electron chi connectivity index (χ3n) is 4.94. The Bertz CT molecular complexity index is 827. The topological polar surface area (TPSA) is 53.9 Å². The zero-order valence-corrected chi connectivity index (χ0v) is 19.9. The largest absolute Gasteiger partial charge is 0.354 e. The number of nitrogens with one attached hydrogen (secondary N) is 1. The van der Waals surface area contributed by atoms with Gasteiger partial charge in [0.25, 0.3) is 0 Å². The number of benzene rings is 1. The van der Waals surface area contributed by atoms with Gasteiger partial charge < -0.3 is 10.2 Å². The molecule has 0 bridgehead atoms. The summed E-state index contributed by atoms with van der Waals surface area (Å²) in [6, 6.07) is 5.62. The van der Waals surface area contributed by atoms with E-state index in [1.807, 2.05) is 0 Å². The van der Waals surface area contributed by atoms with Crippen molar-refractivity contribution in [2.45, 2.75) is 36.5 Å². The highest BCUT2D eigenvalue weighted by Crippen LogP contribution is 2.37. The molecule has 29 heavy (non-hydrogen) atoms. The smallest absolute Gasteiger partial charge is 0.250 e. The maximum Gasteiger partial charge on any atom is 0.250 e. The number of hydrogen-bond acceptors (Lipinski definition) is 5. The van der Waals surface area contributed by atoms with Crippen LogP contribution in [0.1, 0.15) is 32.5 Å². The summed E-state index contributed by atoms with van der Waals surface area (Å²) >= 11 is 30.3. The van der Waals surface area contributed by atoms with Gasteiger partial charge in [0.1, 0.15) is 0 Å². The Labute approximate surface area is 196 Å². The van der Waals surface area contributed by atoms with Gasteiger partial charge in [-0.2, -0.15) is 9.97 Å². The fourth-order valence-electron chi connectivity index (χ4n) is 3.30. The molecule has 0 saturated carbocycles. The number of piperidine rings is 1. The lowest BCUT2D eigenvalue weighted by atomic mass is 9.96. The molecule has 1 aromatic carbocycles. The first kappa shape index (κ1) is 23.1. The van der Waals surface area contributed by atoms with Crippen molar-refractivity contribution in [3.05, 3.63) is 34.1 Å². The lowest BCUT2D eigenvalue weighted by molar-refractivity contribution is 0.153. The molecule has 158 valence electrons. The van der Waals surface area contributed by atoms with Gasteiger partial charge >= 0.3 is 0 Å². The summed E-state index contributed by atoms with van der Waals surface area (Å²) in [5, 5.41) is 4.22. The van der Waals surface area contributed by atoms with Crippen molar-refractivity contribution in [2.24, 2.45) is 5.92 Å². The van der Waals surface area contributed by atoms with Crippen molar-refractivity contribution in [3.8, 4) is 11.4 Å². The van der Waals surface area contributed by atoms with Gasteiger partial charge in [-0.3, -0.25) is 0 Å². The minimum atomic E-state index is -1.78. The first-order valence-electron chi connectivity index (χ1n) is 9.39. The molecule has 0 atom stereocenters. The summed E-state index contributed by atoms with van der Waals surface area (Å²) < 4.78 is -1.78. The summed E-state index contributed by atoms with van der Waals surface area (Å²) in [6.07, 6.45) is 2.23. The molecule has 0 unspecified atom stereocenters. The van der Waals surface area contributed by atoms with E-state index in [1.165, 1.54) is 0 Å². The molecule has 5 nitrogen and oxygen atoms in total. The normalized spacial score (nSPS) is 16.4. The number of hydrogen-bond donors (Lipinski definition) is 1. The van der Waals surface area contributed by atoms with Crippen molar-refractivity contribution in [1.29, 1.82) is 0 Å². The maximum atomic E-state index is 6.11. The van der Waals surface area contributed by atoms with E-state index in [-0.39, 0.29) is 5.82 Å². The maximum absolute atomic E-state index is 6.11. The van der Waals surface area contributed by atoms with Crippen LogP contribution in [0.15, 0.2) is 18.2 Å². The van der Waals surface area contributed by atoms with Crippen LogP contribution in [0.2, 0.25) is 10.0 Å². The predicted molar refractivity (Wildman–Crippen MR) is 122 cm³/mol. The molecule has 0 aliphatic carbocycles. The second-order valence-corrected chi connectivity index (χ2v) is 10.6. The van der Waals surface area contributed by atoms with Gasteiger partial charge in [0, 0.05) is 28.2 Å². The number of halogens is 5. The van der Waals surface area contributed by atoms with E-state index in [4.69, 9.17) is 58.0 Å². The molecule has 2 heterocycles. The molecule has 3 rings (SSSR count). The van der Waals surface area contributed by atoms with E-state index in [0.29, 0.717) is 39.3 Å². The van der Waals surface area contributed by atoms with Crippen LogP contribution in [0.5, 0.6) is 0 Å². The molecule has 1 saturated heterocycles. The van der Waals surface area contributed by atoms with Crippen LogP contribution in [0.25, 0.3) is 11.4 Å². The Morgan fingerprint density at radius 3 is 2.21 bits per heavy atom. The van der Waals surface area contributed by atoms with Crippen LogP contribution in [-0.2, 0) is 3.79 Å². The third kappa shape index (κ3) is 6.46. The summed E-state index contributed by atoms with van der Waals surface area (Å²) in [5.74, 6) is 1.27. The average molecular weight is 498 g/mol. The lowest BCUT2D eigenvalue weighted by Crippen LogP contribution is -2.40. The van der Waals surface area contributed by atoms with Gasteiger partial charge in [0.15, 0.2) is 11.6 Å². The highest BCUT2D eigenvalue weighted by Gasteiger charge is 2.29. The highest BCUT2D eigenvalue weighted by molar-refractivity contribution is 6.66. The monoisotopic (exact) mass is 495 g/mol.